The summed E-state index contributed by atoms with van der Waals surface area (Å²) in [6.07, 6.45) is 0.581. The van der Waals surface area contributed by atoms with Gasteiger partial charge in [-0.25, -0.2) is 0 Å². The third-order valence-electron chi connectivity index (χ3n) is 2.01. The zero-order valence-electron chi connectivity index (χ0n) is 8.41. The molecule has 4 nitrogen and oxygen atoms in total. The highest BCUT2D eigenvalue weighted by molar-refractivity contribution is 5.93. The summed E-state index contributed by atoms with van der Waals surface area (Å²) in [4.78, 5) is 22.8. The summed E-state index contributed by atoms with van der Waals surface area (Å²) in [7, 11) is 1.64. The Balaban J connectivity index is 3.89. The highest BCUT2D eigenvalue weighted by Gasteiger charge is 2.14. The molecule has 0 heterocycles. The number of hydrogen-bond acceptors (Lipinski definition) is 2. The van der Waals surface area contributed by atoms with Crippen molar-refractivity contribution >= 4 is 11.9 Å². The second-order valence-corrected chi connectivity index (χ2v) is 3.36. The van der Waals surface area contributed by atoms with Gasteiger partial charge in [0.1, 0.15) is 6.42 Å². The van der Waals surface area contributed by atoms with E-state index in [2.05, 4.69) is 0 Å². The Bertz CT molecular complexity index is 191. The first-order chi connectivity index (χ1) is 5.97. The van der Waals surface area contributed by atoms with Crippen molar-refractivity contribution in [2.75, 3.05) is 13.6 Å². The van der Waals surface area contributed by atoms with Gasteiger partial charge in [-0.1, -0.05) is 20.3 Å². The van der Waals surface area contributed by atoms with Crippen molar-refractivity contribution in [1.29, 1.82) is 0 Å². The summed E-state index contributed by atoms with van der Waals surface area (Å²) in [5.74, 6) is -0.975. The maximum atomic E-state index is 11.1. The molecule has 0 aliphatic heterocycles. The zero-order valence-corrected chi connectivity index (χ0v) is 8.41. The molecule has 1 N–H and O–H groups in total. The Kier molecular flexibility index (Phi) is 5.11. The van der Waals surface area contributed by atoms with Crippen molar-refractivity contribution in [2.45, 2.75) is 26.7 Å². The van der Waals surface area contributed by atoms with Gasteiger partial charge < -0.3 is 10.0 Å². The van der Waals surface area contributed by atoms with Crippen molar-refractivity contribution in [2.24, 2.45) is 5.92 Å². The first kappa shape index (κ1) is 11.9. The zero-order chi connectivity index (χ0) is 10.4. The largest absolute Gasteiger partial charge is 0.481 e. The fraction of sp³-hybridized carbons (Fsp3) is 0.778. The van der Waals surface area contributed by atoms with Crippen LogP contribution in [0.3, 0.4) is 0 Å². The molecule has 4 heteroatoms. The molecule has 13 heavy (non-hydrogen) atoms. The fourth-order valence-electron chi connectivity index (χ4n) is 0.963. The monoisotopic (exact) mass is 187 g/mol. The van der Waals surface area contributed by atoms with Crippen LogP contribution >= 0.6 is 0 Å². The van der Waals surface area contributed by atoms with E-state index in [9.17, 15) is 9.59 Å². The van der Waals surface area contributed by atoms with Crippen LogP contribution in [0.15, 0.2) is 0 Å². The van der Waals surface area contributed by atoms with Crippen molar-refractivity contribution in [3.05, 3.63) is 0 Å². The van der Waals surface area contributed by atoms with Crippen LogP contribution in [0.1, 0.15) is 26.7 Å². The van der Waals surface area contributed by atoms with E-state index >= 15 is 0 Å². The Hall–Kier alpha value is -1.06. The molecule has 0 fully saturated rings. The number of nitrogens with zero attached hydrogens (tertiary/aromatic N) is 1. The van der Waals surface area contributed by atoms with E-state index in [1.54, 1.807) is 7.05 Å². The van der Waals surface area contributed by atoms with Gasteiger partial charge >= 0.3 is 5.97 Å². The maximum absolute atomic E-state index is 11.1. The lowest BCUT2D eigenvalue weighted by atomic mass is 10.1. The van der Waals surface area contributed by atoms with Crippen molar-refractivity contribution in [3.63, 3.8) is 0 Å². The van der Waals surface area contributed by atoms with Gasteiger partial charge in [-0.2, -0.15) is 0 Å². The number of rotatable bonds is 5. The number of carbonyl (C=O) groups is 2. The van der Waals surface area contributed by atoms with E-state index in [0.29, 0.717) is 12.5 Å². The molecule has 0 bridgehead atoms. The van der Waals surface area contributed by atoms with E-state index in [0.717, 1.165) is 6.42 Å². The molecule has 0 rings (SSSR count). The van der Waals surface area contributed by atoms with Gasteiger partial charge in [0.15, 0.2) is 0 Å². The van der Waals surface area contributed by atoms with Crippen LogP contribution in [-0.4, -0.2) is 35.5 Å². The highest BCUT2D eigenvalue weighted by Crippen LogP contribution is 2.03. The second kappa shape index (κ2) is 5.56. The summed E-state index contributed by atoms with van der Waals surface area (Å²) < 4.78 is 0. The Labute approximate surface area is 78.5 Å². The molecular weight excluding hydrogens is 170 g/mol. The summed E-state index contributed by atoms with van der Waals surface area (Å²) >= 11 is 0. The Morgan fingerprint density at radius 2 is 2.00 bits per heavy atom. The summed E-state index contributed by atoms with van der Waals surface area (Å²) in [6, 6.07) is 0. The molecule has 0 radical (unpaired) electrons. The van der Waals surface area contributed by atoms with Gasteiger partial charge in [0.05, 0.1) is 0 Å². The average Bonchev–Trinajstić information content (AvgIpc) is 2.02. The lowest BCUT2D eigenvalue weighted by molar-refractivity contribution is -0.143. The van der Waals surface area contributed by atoms with Gasteiger partial charge in [0.25, 0.3) is 0 Å². The topological polar surface area (TPSA) is 57.6 Å². The number of hydrogen-bond donors (Lipinski definition) is 1. The fourth-order valence-corrected chi connectivity index (χ4v) is 0.963. The predicted octanol–water partition coefficient (Wildman–Crippen LogP) is 0.966. The normalized spacial score (nSPS) is 12.2. The van der Waals surface area contributed by atoms with Gasteiger partial charge in [-0.05, 0) is 5.92 Å². The SMILES string of the molecule is CCC(C)CN(C)C(=O)CC(=O)O. The summed E-state index contributed by atoms with van der Waals surface area (Å²) in [5.41, 5.74) is 0. The Morgan fingerprint density at radius 3 is 2.38 bits per heavy atom. The molecule has 0 saturated heterocycles. The number of carboxylic acid groups (broad SMARTS) is 1. The van der Waals surface area contributed by atoms with Gasteiger partial charge in [0.2, 0.25) is 5.91 Å². The third kappa shape index (κ3) is 5.22. The molecule has 0 aromatic rings. The van der Waals surface area contributed by atoms with E-state index in [4.69, 9.17) is 5.11 Å². The molecule has 1 atom stereocenters. The van der Waals surface area contributed by atoms with Crippen molar-refractivity contribution in [3.8, 4) is 0 Å². The first-order valence-corrected chi connectivity index (χ1v) is 4.43. The highest BCUT2D eigenvalue weighted by atomic mass is 16.4. The average molecular weight is 187 g/mol. The molecule has 1 amide bonds. The quantitative estimate of drug-likeness (QED) is 0.652. The molecule has 0 spiro atoms. The van der Waals surface area contributed by atoms with Crippen LogP contribution < -0.4 is 0 Å². The van der Waals surface area contributed by atoms with Crippen LogP contribution in [0.25, 0.3) is 0 Å². The molecule has 1 unspecified atom stereocenters. The molecular formula is C9H17NO3. The third-order valence-corrected chi connectivity index (χ3v) is 2.01. The van der Waals surface area contributed by atoms with Gasteiger partial charge in [-0.3, -0.25) is 9.59 Å². The van der Waals surface area contributed by atoms with Crippen LogP contribution in [0.2, 0.25) is 0 Å². The number of amides is 1. The smallest absolute Gasteiger partial charge is 0.312 e. The molecule has 0 aromatic carbocycles. The molecule has 76 valence electrons. The minimum atomic E-state index is -1.07. The minimum Gasteiger partial charge on any atom is -0.481 e. The minimum absolute atomic E-state index is 0.326. The molecule has 0 aliphatic rings. The molecule has 0 aliphatic carbocycles. The van der Waals surface area contributed by atoms with Crippen molar-refractivity contribution in [1.82, 2.24) is 4.90 Å². The number of aliphatic carboxylic acids is 1. The predicted molar refractivity (Wildman–Crippen MR) is 49.3 cm³/mol. The van der Waals surface area contributed by atoms with Crippen LogP contribution in [-0.2, 0) is 9.59 Å². The second-order valence-electron chi connectivity index (χ2n) is 3.36. The number of carboxylic acids is 1. The van der Waals surface area contributed by atoms with E-state index in [1.807, 2.05) is 13.8 Å². The van der Waals surface area contributed by atoms with E-state index < -0.39 is 12.4 Å². The lowest BCUT2D eigenvalue weighted by Crippen LogP contribution is -2.32. The van der Waals surface area contributed by atoms with E-state index in [-0.39, 0.29) is 5.91 Å². The summed E-state index contributed by atoms with van der Waals surface area (Å²) in [6.45, 7) is 4.70. The molecule has 0 saturated carbocycles. The van der Waals surface area contributed by atoms with E-state index in [1.165, 1.54) is 4.90 Å². The van der Waals surface area contributed by atoms with Gasteiger partial charge in [-0.15, -0.1) is 0 Å². The van der Waals surface area contributed by atoms with Gasteiger partial charge in [0, 0.05) is 13.6 Å². The summed E-state index contributed by atoms with van der Waals surface area (Å²) in [5, 5.41) is 8.38. The molecule has 0 aromatic heterocycles. The standard InChI is InChI=1S/C9H17NO3/c1-4-7(2)6-10(3)8(11)5-9(12)13/h7H,4-6H2,1-3H3,(H,12,13). The maximum Gasteiger partial charge on any atom is 0.312 e. The van der Waals surface area contributed by atoms with Crippen LogP contribution in [0, 0.1) is 5.92 Å². The van der Waals surface area contributed by atoms with Crippen LogP contribution in [0.5, 0.6) is 0 Å². The number of carbonyl (C=O) groups excluding carboxylic acids is 1. The Morgan fingerprint density at radius 1 is 1.46 bits per heavy atom. The van der Waals surface area contributed by atoms with Crippen LogP contribution in [0.4, 0.5) is 0 Å². The first-order valence-electron chi connectivity index (χ1n) is 4.43. The van der Waals surface area contributed by atoms with Crippen molar-refractivity contribution < 1.29 is 14.7 Å². The lowest BCUT2D eigenvalue weighted by Gasteiger charge is -2.19.